The molecule has 0 unspecified atom stereocenters. The molecule has 2 N–H and O–H groups in total. The maximum Gasteiger partial charge on any atom is 0.230 e. The highest BCUT2D eigenvalue weighted by Gasteiger charge is 2.46. The summed E-state index contributed by atoms with van der Waals surface area (Å²) >= 11 is 0. The molecule has 1 aliphatic carbocycles. The lowest BCUT2D eigenvalue weighted by Gasteiger charge is -2.37. The van der Waals surface area contributed by atoms with Gasteiger partial charge in [-0.3, -0.25) is 9.59 Å². The summed E-state index contributed by atoms with van der Waals surface area (Å²) in [4.78, 5) is 23.5. The zero-order valence-corrected chi connectivity index (χ0v) is 14.9. The monoisotopic (exact) mass is 367 g/mol. The van der Waals surface area contributed by atoms with Crippen LogP contribution in [-0.4, -0.2) is 50.0 Å². The summed E-state index contributed by atoms with van der Waals surface area (Å²) in [7, 11) is -1.74. The Bertz CT molecular complexity index is 798. The van der Waals surface area contributed by atoms with Gasteiger partial charge in [-0.05, 0) is 31.0 Å². The van der Waals surface area contributed by atoms with Crippen molar-refractivity contribution in [2.75, 3.05) is 30.8 Å². The number of amides is 2. The van der Waals surface area contributed by atoms with E-state index in [9.17, 15) is 18.0 Å². The van der Waals surface area contributed by atoms with Crippen molar-refractivity contribution in [1.29, 1.82) is 0 Å². The lowest BCUT2D eigenvalue weighted by Crippen LogP contribution is -2.55. The zero-order chi connectivity index (χ0) is 18.2. The van der Waals surface area contributed by atoms with E-state index in [0.717, 1.165) is 0 Å². The quantitative estimate of drug-likeness (QED) is 0.781. The first kappa shape index (κ1) is 17.7. The Morgan fingerprint density at radius 1 is 1.20 bits per heavy atom. The second-order valence-corrected chi connectivity index (χ2v) is 8.56. The molecule has 0 spiro atoms. The van der Waals surface area contributed by atoms with Crippen LogP contribution in [0.2, 0.25) is 0 Å². The summed E-state index contributed by atoms with van der Waals surface area (Å²) in [5.41, 5.74) is 0.970. The average Bonchev–Trinajstić information content (AvgIpc) is 3.30. The first-order chi connectivity index (χ1) is 11.8. The van der Waals surface area contributed by atoms with Crippen molar-refractivity contribution < 1.29 is 22.7 Å². The molecule has 2 amide bonds. The number of nitrogens with one attached hydrogen (secondary N) is 2. The molecule has 1 aliphatic heterocycles. The van der Waals surface area contributed by atoms with E-state index in [4.69, 9.17) is 4.74 Å². The van der Waals surface area contributed by atoms with Crippen LogP contribution >= 0.6 is 0 Å². The van der Waals surface area contributed by atoms with Crippen molar-refractivity contribution in [1.82, 2.24) is 4.31 Å². The number of hydrogen-bond acceptors (Lipinski definition) is 5. The molecular formula is C16H21N3O5S. The molecule has 9 heteroatoms. The third-order valence-electron chi connectivity index (χ3n) is 4.30. The Morgan fingerprint density at radius 2 is 1.88 bits per heavy atom. The Balaban J connectivity index is 1.64. The smallest absolute Gasteiger partial charge is 0.230 e. The maximum atomic E-state index is 12.4. The van der Waals surface area contributed by atoms with Crippen molar-refractivity contribution in [3.8, 4) is 5.75 Å². The van der Waals surface area contributed by atoms with E-state index in [0.29, 0.717) is 30.0 Å². The molecular weight excluding hydrogens is 346 g/mol. The number of carbonyl (C=O) groups excluding carboxylic acids is 2. The van der Waals surface area contributed by atoms with E-state index in [1.807, 2.05) is 0 Å². The Kier molecular flexibility index (Phi) is 4.70. The van der Waals surface area contributed by atoms with Gasteiger partial charge in [-0.15, -0.1) is 0 Å². The number of nitrogens with zero attached hydrogens (tertiary/aromatic N) is 1. The Labute approximate surface area is 146 Å². The Morgan fingerprint density at radius 3 is 2.44 bits per heavy atom. The fourth-order valence-corrected chi connectivity index (χ4v) is 4.64. The lowest BCUT2D eigenvalue weighted by atomic mass is 10.0. The highest BCUT2D eigenvalue weighted by atomic mass is 32.2. The van der Waals surface area contributed by atoms with Gasteiger partial charge in [0.1, 0.15) is 5.75 Å². The second-order valence-electron chi connectivity index (χ2n) is 6.34. The van der Waals surface area contributed by atoms with Crippen LogP contribution in [-0.2, 0) is 19.6 Å². The maximum absolute atomic E-state index is 12.4. The van der Waals surface area contributed by atoms with Crippen molar-refractivity contribution in [3.63, 3.8) is 0 Å². The van der Waals surface area contributed by atoms with Crippen LogP contribution in [0.5, 0.6) is 5.75 Å². The third kappa shape index (κ3) is 3.77. The molecule has 2 fully saturated rings. The molecule has 1 heterocycles. The van der Waals surface area contributed by atoms with Crippen molar-refractivity contribution in [2.24, 2.45) is 5.92 Å². The largest absolute Gasteiger partial charge is 0.495 e. The van der Waals surface area contributed by atoms with Crippen molar-refractivity contribution >= 4 is 33.2 Å². The van der Waals surface area contributed by atoms with E-state index in [-0.39, 0.29) is 36.1 Å². The predicted molar refractivity (Wildman–Crippen MR) is 92.9 cm³/mol. The molecule has 25 heavy (non-hydrogen) atoms. The van der Waals surface area contributed by atoms with Gasteiger partial charge in [-0.25, -0.2) is 8.42 Å². The number of ether oxygens (including phenoxy) is 1. The van der Waals surface area contributed by atoms with Gasteiger partial charge in [0.25, 0.3) is 0 Å². The number of rotatable bonds is 6. The van der Waals surface area contributed by atoms with Gasteiger partial charge in [0.2, 0.25) is 21.8 Å². The molecule has 1 saturated heterocycles. The first-order valence-corrected chi connectivity index (χ1v) is 9.57. The van der Waals surface area contributed by atoms with E-state index >= 15 is 0 Å². The lowest BCUT2D eigenvalue weighted by molar-refractivity contribution is -0.122. The molecule has 1 saturated carbocycles. The number of methoxy groups -OCH3 is 1. The second kappa shape index (κ2) is 6.64. The van der Waals surface area contributed by atoms with Gasteiger partial charge >= 0.3 is 0 Å². The molecule has 0 aromatic heterocycles. The summed E-state index contributed by atoms with van der Waals surface area (Å²) in [6.45, 7) is 1.81. The number of anilines is 2. The normalized spacial score (nSPS) is 18.3. The summed E-state index contributed by atoms with van der Waals surface area (Å²) in [5.74, 6) is -0.408. The molecule has 2 aliphatic rings. The van der Waals surface area contributed by atoms with E-state index in [1.165, 1.54) is 18.3 Å². The van der Waals surface area contributed by atoms with E-state index < -0.39 is 10.0 Å². The van der Waals surface area contributed by atoms with E-state index in [1.54, 1.807) is 18.2 Å². The zero-order valence-electron chi connectivity index (χ0n) is 14.1. The van der Waals surface area contributed by atoms with Crippen LogP contribution in [0.4, 0.5) is 11.4 Å². The summed E-state index contributed by atoms with van der Waals surface area (Å²) in [6, 6.07) is 4.92. The summed E-state index contributed by atoms with van der Waals surface area (Å²) in [6.07, 6.45) is 1.42. The molecule has 0 atom stereocenters. The van der Waals surface area contributed by atoms with Crippen LogP contribution in [0.1, 0.15) is 19.8 Å². The van der Waals surface area contributed by atoms with Crippen LogP contribution < -0.4 is 15.4 Å². The first-order valence-electron chi connectivity index (χ1n) is 8.06. The minimum atomic E-state index is -3.22. The molecule has 3 rings (SSSR count). The third-order valence-corrected chi connectivity index (χ3v) is 6.63. The Hall–Kier alpha value is -2.13. The van der Waals surface area contributed by atoms with Gasteiger partial charge < -0.3 is 15.4 Å². The van der Waals surface area contributed by atoms with Crippen LogP contribution in [0.25, 0.3) is 0 Å². The SMILES string of the molecule is COc1ccc(NC(C)=O)cc1NC(=O)C1CN(S(=O)(=O)C2CC2)C1. The van der Waals surface area contributed by atoms with Gasteiger partial charge in [-0.2, -0.15) is 4.31 Å². The molecule has 1 aromatic carbocycles. The molecule has 136 valence electrons. The minimum Gasteiger partial charge on any atom is -0.495 e. The van der Waals surface area contributed by atoms with Crippen LogP contribution in [0, 0.1) is 5.92 Å². The van der Waals surface area contributed by atoms with Crippen LogP contribution in [0.3, 0.4) is 0 Å². The molecule has 0 radical (unpaired) electrons. The standard InChI is InChI=1S/C16H21N3O5S/c1-10(20)17-12-3-6-15(24-2)14(7-12)18-16(21)11-8-19(9-11)25(22,23)13-4-5-13/h3,6-7,11,13H,4-5,8-9H2,1-2H3,(H,17,20)(H,18,21). The number of hydrogen-bond donors (Lipinski definition) is 2. The predicted octanol–water partition coefficient (Wildman–Crippen LogP) is 1.02. The topological polar surface area (TPSA) is 105 Å². The van der Waals surface area contributed by atoms with Crippen LogP contribution in [0.15, 0.2) is 18.2 Å². The van der Waals surface area contributed by atoms with Gasteiger partial charge in [0, 0.05) is 25.7 Å². The average molecular weight is 367 g/mol. The fourth-order valence-electron chi connectivity index (χ4n) is 2.71. The van der Waals surface area contributed by atoms with Crippen molar-refractivity contribution in [3.05, 3.63) is 18.2 Å². The minimum absolute atomic E-state index is 0.207. The summed E-state index contributed by atoms with van der Waals surface area (Å²) < 4.78 is 30.8. The molecule has 0 bridgehead atoms. The number of sulfonamides is 1. The summed E-state index contributed by atoms with van der Waals surface area (Å²) in [5, 5.41) is 5.14. The van der Waals surface area contributed by atoms with Gasteiger partial charge in [-0.1, -0.05) is 0 Å². The van der Waals surface area contributed by atoms with Gasteiger partial charge in [0.05, 0.1) is 24.0 Å². The van der Waals surface area contributed by atoms with E-state index in [2.05, 4.69) is 10.6 Å². The fraction of sp³-hybridized carbons (Fsp3) is 0.500. The number of carbonyl (C=O) groups is 2. The molecule has 1 aromatic rings. The van der Waals surface area contributed by atoms with Gasteiger partial charge in [0.15, 0.2) is 0 Å². The highest BCUT2D eigenvalue weighted by molar-refractivity contribution is 7.90. The highest BCUT2D eigenvalue weighted by Crippen LogP contribution is 2.35. The van der Waals surface area contributed by atoms with Crippen molar-refractivity contribution in [2.45, 2.75) is 25.0 Å². The molecule has 8 nitrogen and oxygen atoms in total. The number of benzene rings is 1.